The molecule has 1 aliphatic rings. The summed E-state index contributed by atoms with van der Waals surface area (Å²) in [6, 6.07) is 5.81. The van der Waals surface area contributed by atoms with Gasteiger partial charge in [0.1, 0.15) is 5.75 Å². The summed E-state index contributed by atoms with van der Waals surface area (Å²) in [6.45, 7) is 3.18. The van der Waals surface area contributed by atoms with E-state index in [1.807, 2.05) is 18.2 Å². The van der Waals surface area contributed by atoms with Gasteiger partial charge in [-0.05, 0) is 44.1 Å². The van der Waals surface area contributed by atoms with Crippen LogP contribution in [0.25, 0.3) is 0 Å². The maximum absolute atomic E-state index is 6.03. The molecule has 1 aromatic carbocycles. The molecule has 1 aromatic rings. The lowest BCUT2D eigenvalue weighted by Gasteiger charge is -2.29. The summed E-state index contributed by atoms with van der Waals surface area (Å²) in [5.41, 5.74) is 1.17. The normalized spacial score (nSPS) is 18.3. The van der Waals surface area contributed by atoms with Crippen LogP contribution in [0.4, 0.5) is 0 Å². The molecule has 1 fully saturated rings. The van der Waals surface area contributed by atoms with Crippen LogP contribution in [-0.2, 0) is 6.54 Å². The van der Waals surface area contributed by atoms with Gasteiger partial charge in [0.05, 0.1) is 7.11 Å². The lowest BCUT2D eigenvalue weighted by Crippen LogP contribution is -2.33. The van der Waals surface area contributed by atoms with E-state index in [-0.39, 0.29) is 0 Å². The fraction of sp³-hybridized carbons (Fsp3) is 0.538. The number of hydrogen-bond donors (Lipinski definition) is 0. The quantitative estimate of drug-likeness (QED) is 0.788. The summed E-state index contributed by atoms with van der Waals surface area (Å²) < 4.78 is 5.37. The minimum atomic E-state index is 0.681. The van der Waals surface area contributed by atoms with Gasteiger partial charge in [-0.1, -0.05) is 27.5 Å². The van der Waals surface area contributed by atoms with E-state index in [2.05, 4.69) is 20.8 Å². The van der Waals surface area contributed by atoms with Crippen LogP contribution in [0.3, 0.4) is 0 Å². The molecule has 2 rings (SSSR count). The van der Waals surface area contributed by atoms with Crippen LogP contribution in [-0.4, -0.2) is 29.9 Å². The summed E-state index contributed by atoms with van der Waals surface area (Å²) in [7, 11) is 1.71. The Morgan fingerprint density at radius 1 is 1.41 bits per heavy atom. The molecule has 0 radical (unpaired) electrons. The highest BCUT2D eigenvalue weighted by Gasteiger charge is 2.18. The van der Waals surface area contributed by atoms with Crippen LogP contribution in [0, 0.1) is 0 Å². The number of rotatable bonds is 3. The van der Waals surface area contributed by atoms with Gasteiger partial charge in [0.2, 0.25) is 0 Å². The molecule has 2 nitrogen and oxygen atoms in total. The third-order valence-electron chi connectivity index (χ3n) is 3.15. The van der Waals surface area contributed by atoms with Crippen LogP contribution in [0.2, 0.25) is 5.02 Å². The van der Waals surface area contributed by atoms with E-state index < -0.39 is 0 Å². The number of benzene rings is 1. The molecule has 4 heteroatoms. The smallest absolute Gasteiger partial charge is 0.123 e. The van der Waals surface area contributed by atoms with Crippen molar-refractivity contribution < 1.29 is 4.74 Å². The number of ether oxygens (including phenoxy) is 1. The number of alkyl halides is 1. The molecular weight excluding hydrogens is 302 g/mol. The Morgan fingerprint density at radius 3 is 2.76 bits per heavy atom. The second-order valence-electron chi connectivity index (χ2n) is 4.41. The van der Waals surface area contributed by atoms with Crippen LogP contribution >= 0.6 is 27.5 Å². The van der Waals surface area contributed by atoms with Gasteiger partial charge in [-0.15, -0.1) is 0 Å². The summed E-state index contributed by atoms with van der Waals surface area (Å²) in [4.78, 5) is 3.13. The first kappa shape index (κ1) is 13.2. The summed E-state index contributed by atoms with van der Waals surface area (Å²) in [5, 5.41) is 0.774. The summed E-state index contributed by atoms with van der Waals surface area (Å²) in [5.74, 6) is 0.926. The van der Waals surface area contributed by atoms with Gasteiger partial charge in [-0.3, -0.25) is 4.90 Å². The first-order valence-corrected chi connectivity index (χ1v) is 7.17. The predicted molar refractivity (Wildman–Crippen MR) is 75.2 cm³/mol. The highest BCUT2D eigenvalue weighted by Crippen LogP contribution is 2.26. The zero-order valence-electron chi connectivity index (χ0n) is 9.96. The molecule has 0 aliphatic carbocycles. The number of likely N-dealkylation sites (tertiary alicyclic amines) is 1. The Labute approximate surface area is 116 Å². The zero-order chi connectivity index (χ0) is 12.3. The fourth-order valence-electron chi connectivity index (χ4n) is 2.17. The minimum absolute atomic E-state index is 0.681. The molecule has 0 N–H and O–H groups in total. The van der Waals surface area contributed by atoms with Gasteiger partial charge in [-0.2, -0.15) is 0 Å². The molecule has 0 amide bonds. The van der Waals surface area contributed by atoms with Gasteiger partial charge in [-0.25, -0.2) is 0 Å². The summed E-state index contributed by atoms with van der Waals surface area (Å²) in [6.07, 6.45) is 2.42. The van der Waals surface area contributed by atoms with Crippen LogP contribution in [0.1, 0.15) is 18.4 Å². The molecule has 1 aliphatic heterocycles. The molecule has 0 aromatic heterocycles. The number of nitrogens with zero attached hydrogens (tertiary/aromatic N) is 1. The molecule has 0 bridgehead atoms. The van der Waals surface area contributed by atoms with E-state index in [1.54, 1.807) is 7.11 Å². The van der Waals surface area contributed by atoms with Crippen molar-refractivity contribution >= 4 is 27.5 Å². The third-order valence-corrected chi connectivity index (χ3v) is 4.30. The lowest BCUT2D eigenvalue weighted by molar-refractivity contribution is 0.223. The Kier molecular flexibility index (Phi) is 4.71. The van der Waals surface area contributed by atoms with E-state index in [0.717, 1.165) is 30.4 Å². The molecule has 0 atom stereocenters. The topological polar surface area (TPSA) is 12.5 Å². The highest BCUT2D eigenvalue weighted by molar-refractivity contribution is 9.09. The number of piperidine rings is 1. The molecule has 1 heterocycles. The number of halogens is 2. The second-order valence-corrected chi connectivity index (χ2v) is 6.14. The maximum Gasteiger partial charge on any atom is 0.123 e. The first-order chi connectivity index (χ1) is 8.19. The molecule has 17 heavy (non-hydrogen) atoms. The second kappa shape index (κ2) is 6.07. The largest absolute Gasteiger partial charge is 0.496 e. The van der Waals surface area contributed by atoms with Crippen molar-refractivity contribution in [2.24, 2.45) is 0 Å². The first-order valence-electron chi connectivity index (χ1n) is 5.88. The Balaban J connectivity index is 2.04. The van der Waals surface area contributed by atoms with E-state index >= 15 is 0 Å². The van der Waals surface area contributed by atoms with Crippen molar-refractivity contribution in [3.63, 3.8) is 0 Å². The van der Waals surface area contributed by atoms with Gasteiger partial charge in [0.15, 0.2) is 0 Å². The van der Waals surface area contributed by atoms with Crippen molar-refractivity contribution in [2.45, 2.75) is 24.2 Å². The van der Waals surface area contributed by atoms with Crippen molar-refractivity contribution in [2.75, 3.05) is 20.2 Å². The van der Waals surface area contributed by atoms with Crippen molar-refractivity contribution in [1.29, 1.82) is 0 Å². The van der Waals surface area contributed by atoms with E-state index in [4.69, 9.17) is 16.3 Å². The average Bonchev–Trinajstić information content (AvgIpc) is 2.32. The Bertz CT molecular complexity index is 378. The van der Waals surface area contributed by atoms with Crippen LogP contribution in [0.5, 0.6) is 5.75 Å². The average molecular weight is 319 g/mol. The summed E-state index contributed by atoms with van der Waals surface area (Å²) >= 11 is 9.70. The molecule has 0 spiro atoms. The lowest BCUT2D eigenvalue weighted by atomic mass is 10.1. The minimum Gasteiger partial charge on any atom is -0.496 e. The van der Waals surface area contributed by atoms with Crippen molar-refractivity contribution in [3.8, 4) is 5.75 Å². The van der Waals surface area contributed by atoms with Gasteiger partial charge < -0.3 is 4.74 Å². The van der Waals surface area contributed by atoms with Gasteiger partial charge in [0, 0.05) is 22.0 Å². The molecule has 1 saturated heterocycles. The predicted octanol–water partition coefficient (Wildman–Crippen LogP) is 3.71. The van der Waals surface area contributed by atoms with Crippen molar-refractivity contribution in [1.82, 2.24) is 4.90 Å². The van der Waals surface area contributed by atoms with E-state index in [9.17, 15) is 0 Å². The van der Waals surface area contributed by atoms with E-state index in [0.29, 0.717) is 4.83 Å². The van der Waals surface area contributed by atoms with E-state index in [1.165, 1.54) is 18.4 Å². The van der Waals surface area contributed by atoms with Crippen molar-refractivity contribution in [3.05, 3.63) is 28.8 Å². The third kappa shape index (κ3) is 3.60. The molecule has 94 valence electrons. The van der Waals surface area contributed by atoms with Crippen LogP contribution < -0.4 is 4.74 Å². The number of hydrogen-bond acceptors (Lipinski definition) is 2. The standard InChI is InChI=1S/C13H17BrClNO/c1-17-13-3-2-12(15)8-10(13)9-16-6-4-11(14)5-7-16/h2-3,8,11H,4-7,9H2,1H3. The molecule has 0 unspecified atom stereocenters. The number of methoxy groups -OCH3 is 1. The maximum atomic E-state index is 6.03. The Morgan fingerprint density at radius 2 is 2.12 bits per heavy atom. The van der Waals surface area contributed by atoms with Gasteiger partial charge in [0.25, 0.3) is 0 Å². The highest BCUT2D eigenvalue weighted by atomic mass is 79.9. The molecular formula is C13H17BrClNO. The van der Waals surface area contributed by atoms with Gasteiger partial charge >= 0.3 is 0 Å². The van der Waals surface area contributed by atoms with Crippen LogP contribution in [0.15, 0.2) is 18.2 Å². The Hall–Kier alpha value is -0.250. The SMILES string of the molecule is COc1ccc(Cl)cc1CN1CCC(Br)CC1. The molecule has 0 saturated carbocycles. The fourth-order valence-corrected chi connectivity index (χ4v) is 2.78. The monoisotopic (exact) mass is 317 g/mol. The zero-order valence-corrected chi connectivity index (χ0v) is 12.3.